The molecule has 0 aromatic heterocycles. The van der Waals surface area contributed by atoms with Crippen LogP contribution in [0.1, 0.15) is 245 Å². The second-order valence-corrected chi connectivity index (χ2v) is 19.0. The number of unbranched alkanes of at least 4 members (excludes halogenated alkanes) is 31. The molecule has 0 spiro atoms. The minimum absolute atomic E-state index is 0.256. The fourth-order valence-electron chi connectivity index (χ4n) is 8.67. The molecule has 0 aliphatic carbocycles. The van der Waals surface area contributed by atoms with E-state index in [1.807, 2.05) is 0 Å². The lowest BCUT2D eigenvalue weighted by Crippen LogP contribution is -2.60. The number of carbonyl (C=O) groups is 1. The molecule has 0 aromatic carbocycles. The average Bonchev–Trinajstić information content (AvgIpc) is 3.28. The van der Waals surface area contributed by atoms with E-state index in [0.717, 1.165) is 51.4 Å². The Morgan fingerprint density at radius 3 is 1.33 bits per heavy atom. The molecule has 0 aromatic rings. The number of hydrogen-bond acceptors (Lipinski definition) is 10. The van der Waals surface area contributed by atoms with Crippen LogP contribution in [-0.4, -0.2) is 110 Å². The van der Waals surface area contributed by atoms with Gasteiger partial charge in [0.15, 0.2) is 6.29 Å². The van der Waals surface area contributed by atoms with Gasteiger partial charge in [0, 0.05) is 0 Å². The lowest BCUT2D eigenvalue weighted by Gasteiger charge is -2.40. The first-order chi connectivity index (χ1) is 30.7. The third kappa shape index (κ3) is 31.5. The first kappa shape index (κ1) is 59.9. The molecule has 0 radical (unpaired) electrons. The predicted octanol–water partition coefficient (Wildman–Crippen LogP) is 10.0. The highest BCUT2D eigenvalue weighted by molar-refractivity contribution is 5.80. The summed E-state index contributed by atoms with van der Waals surface area (Å²) in [7, 11) is 0. The molecule has 63 heavy (non-hydrogen) atoms. The molecule has 0 bridgehead atoms. The van der Waals surface area contributed by atoms with E-state index in [9.17, 15) is 40.5 Å². The van der Waals surface area contributed by atoms with Gasteiger partial charge in [0.1, 0.15) is 36.6 Å². The van der Waals surface area contributed by atoms with Crippen LogP contribution in [0, 0.1) is 0 Å². The van der Waals surface area contributed by atoms with E-state index >= 15 is 0 Å². The normalized spacial score (nSPS) is 21.2. The zero-order chi connectivity index (χ0) is 46.2. The van der Waals surface area contributed by atoms with Crippen LogP contribution in [-0.2, 0) is 14.3 Å². The van der Waals surface area contributed by atoms with Gasteiger partial charge in [-0.3, -0.25) is 4.79 Å². The Hall–Kier alpha value is -1.15. The second kappa shape index (κ2) is 42.2. The van der Waals surface area contributed by atoms with Crippen molar-refractivity contribution in [2.45, 2.75) is 300 Å². The molecule has 1 rings (SSSR count). The lowest BCUT2D eigenvalue weighted by molar-refractivity contribution is -0.303. The van der Waals surface area contributed by atoms with E-state index in [2.05, 4.69) is 31.3 Å². The Morgan fingerprint density at radius 2 is 0.921 bits per heavy atom. The van der Waals surface area contributed by atoms with Crippen molar-refractivity contribution < 1.29 is 50.0 Å². The zero-order valence-electron chi connectivity index (χ0n) is 40.6. The SMILES string of the molecule is CCCCCCCCCCCCC/C=C\CCCCCCCCC(O)C(=O)NC(COC1OC(CO)C(O)C(O)C1O)C(O)C(O)CCCCCCCCCCCCCCCCC. The Morgan fingerprint density at radius 1 is 0.540 bits per heavy atom. The largest absolute Gasteiger partial charge is 0.394 e. The number of carbonyl (C=O) groups excluding carboxylic acids is 1. The first-order valence-electron chi connectivity index (χ1n) is 26.6. The summed E-state index contributed by atoms with van der Waals surface area (Å²) >= 11 is 0. The maximum Gasteiger partial charge on any atom is 0.249 e. The maximum atomic E-state index is 13.1. The number of nitrogens with one attached hydrogen (secondary N) is 1. The average molecular weight is 900 g/mol. The Balaban J connectivity index is 2.36. The number of amides is 1. The molecule has 9 unspecified atom stereocenters. The number of aliphatic hydroxyl groups excluding tert-OH is 7. The molecule has 1 aliphatic rings. The molecule has 9 atom stereocenters. The van der Waals surface area contributed by atoms with E-state index in [0.29, 0.717) is 19.3 Å². The molecule has 0 saturated carbocycles. The highest BCUT2D eigenvalue weighted by Gasteiger charge is 2.44. The number of aliphatic hydroxyl groups is 7. The monoisotopic (exact) mass is 900 g/mol. The minimum atomic E-state index is -1.66. The zero-order valence-corrected chi connectivity index (χ0v) is 40.6. The van der Waals surface area contributed by atoms with Crippen molar-refractivity contribution in [2.75, 3.05) is 13.2 Å². The van der Waals surface area contributed by atoms with Crippen molar-refractivity contribution in [3.05, 3.63) is 12.2 Å². The number of ether oxygens (including phenoxy) is 2. The van der Waals surface area contributed by atoms with Crippen LogP contribution in [0.3, 0.4) is 0 Å². The summed E-state index contributed by atoms with van der Waals surface area (Å²) in [5.74, 6) is -0.699. The molecule has 1 amide bonds. The summed E-state index contributed by atoms with van der Waals surface area (Å²) in [6, 6.07) is -1.17. The van der Waals surface area contributed by atoms with Crippen LogP contribution in [0.5, 0.6) is 0 Å². The number of allylic oxidation sites excluding steroid dienone is 2. The molecule has 374 valence electrons. The van der Waals surface area contributed by atoms with E-state index in [1.165, 1.54) is 154 Å². The second-order valence-electron chi connectivity index (χ2n) is 19.0. The molecule has 1 saturated heterocycles. The number of hydrogen-bond donors (Lipinski definition) is 8. The van der Waals surface area contributed by atoms with Gasteiger partial charge in [0.25, 0.3) is 0 Å². The molecule has 11 heteroatoms. The van der Waals surface area contributed by atoms with Gasteiger partial charge in [-0.05, 0) is 38.5 Å². The van der Waals surface area contributed by atoms with E-state index in [-0.39, 0.29) is 6.42 Å². The fourth-order valence-corrected chi connectivity index (χ4v) is 8.67. The van der Waals surface area contributed by atoms with Crippen LogP contribution < -0.4 is 5.32 Å². The topological polar surface area (TPSA) is 189 Å². The first-order valence-corrected chi connectivity index (χ1v) is 26.6. The highest BCUT2D eigenvalue weighted by atomic mass is 16.7. The van der Waals surface area contributed by atoms with Gasteiger partial charge >= 0.3 is 0 Å². The van der Waals surface area contributed by atoms with Crippen LogP contribution in [0.4, 0.5) is 0 Å². The van der Waals surface area contributed by atoms with Gasteiger partial charge in [0.05, 0.1) is 25.4 Å². The Bertz CT molecular complexity index is 1030. The summed E-state index contributed by atoms with van der Waals surface area (Å²) in [6.45, 7) is 3.47. The van der Waals surface area contributed by atoms with Gasteiger partial charge in [-0.1, -0.05) is 219 Å². The van der Waals surface area contributed by atoms with E-state index in [4.69, 9.17) is 9.47 Å². The molecule has 1 aliphatic heterocycles. The van der Waals surface area contributed by atoms with E-state index < -0.39 is 74.2 Å². The summed E-state index contributed by atoms with van der Waals surface area (Å²) in [6.07, 6.45) is 35.4. The summed E-state index contributed by atoms with van der Waals surface area (Å²) < 4.78 is 11.1. The van der Waals surface area contributed by atoms with Crippen molar-refractivity contribution in [1.82, 2.24) is 5.32 Å². The van der Waals surface area contributed by atoms with Gasteiger partial charge in [-0.25, -0.2) is 0 Å². The molecule has 1 heterocycles. The smallest absolute Gasteiger partial charge is 0.249 e. The van der Waals surface area contributed by atoms with Crippen LogP contribution in [0.2, 0.25) is 0 Å². The van der Waals surface area contributed by atoms with Crippen molar-refractivity contribution in [1.29, 1.82) is 0 Å². The van der Waals surface area contributed by atoms with Crippen LogP contribution >= 0.6 is 0 Å². The van der Waals surface area contributed by atoms with E-state index in [1.54, 1.807) is 0 Å². The highest BCUT2D eigenvalue weighted by Crippen LogP contribution is 2.23. The fraction of sp³-hybridized carbons (Fsp3) is 0.942. The number of rotatable bonds is 45. The van der Waals surface area contributed by atoms with Crippen LogP contribution in [0.15, 0.2) is 12.2 Å². The third-order valence-electron chi connectivity index (χ3n) is 13.1. The maximum absolute atomic E-state index is 13.1. The Kier molecular flexibility index (Phi) is 40.1. The lowest BCUT2D eigenvalue weighted by atomic mass is 9.98. The van der Waals surface area contributed by atoms with Crippen molar-refractivity contribution >= 4 is 5.91 Å². The third-order valence-corrected chi connectivity index (χ3v) is 13.1. The van der Waals surface area contributed by atoms with Crippen molar-refractivity contribution in [2.24, 2.45) is 0 Å². The quantitative estimate of drug-likeness (QED) is 0.0216. The van der Waals surface area contributed by atoms with Crippen LogP contribution in [0.25, 0.3) is 0 Å². The minimum Gasteiger partial charge on any atom is -0.394 e. The predicted molar refractivity (Wildman–Crippen MR) is 256 cm³/mol. The molecule has 11 nitrogen and oxygen atoms in total. The molecule has 1 fully saturated rings. The summed E-state index contributed by atoms with van der Waals surface area (Å²) in [4.78, 5) is 13.1. The van der Waals surface area contributed by atoms with Gasteiger partial charge in [0.2, 0.25) is 5.91 Å². The van der Waals surface area contributed by atoms with Gasteiger partial charge < -0.3 is 50.5 Å². The summed E-state index contributed by atoms with van der Waals surface area (Å²) in [5.41, 5.74) is 0. The molecular weight excluding hydrogens is 799 g/mol. The van der Waals surface area contributed by atoms with Gasteiger partial charge in [-0.2, -0.15) is 0 Å². The summed E-state index contributed by atoms with van der Waals surface area (Å²) in [5, 5.41) is 75.9. The molecular formula is C52H101NO10. The molecule has 8 N–H and O–H groups in total. The Labute approximate surface area is 385 Å². The van der Waals surface area contributed by atoms with Gasteiger partial charge in [-0.15, -0.1) is 0 Å². The van der Waals surface area contributed by atoms with Crippen molar-refractivity contribution in [3.63, 3.8) is 0 Å². The standard InChI is InChI=1S/C52H101NO10/c1-3-5-7-9-11-13-15-17-19-20-21-22-23-24-26-28-30-32-34-36-38-40-45(56)51(61)53-43(42-62-52-50(60)49(59)48(58)46(41-54)63-52)47(57)44(55)39-37-35-33-31-29-27-25-18-16-14-12-10-8-6-4-2/h23-24,43-50,52,54-60H,3-22,25-42H2,1-2H3,(H,53,61)/b24-23-. The van der Waals surface area contributed by atoms with Crippen molar-refractivity contribution in [3.8, 4) is 0 Å².